The minimum absolute atomic E-state index is 0. The van der Waals surface area contributed by atoms with E-state index in [1.807, 2.05) is 19.0 Å². The van der Waals surface area contributed by atoms with E-state index in [9.17, 15) is 19.7 Å². The van der Waals surface area contributed by atoms with Crippen LogP contribution in [0.2, 0.25) is 0 Å². The quantitative estimate of drug-likeness (QED) is 0.394. The maximum atomic E-state index is 13.0. The molecule has 0 aliphatic heterocycles. The molecule has 0 saturated heterocycles. The first-order valence-electron chi connectivity index (χ1n) is 8.12. The molecule has 140 valence electrons. The number of para-hydroxylation sites is 1. The molecule has 0 saturated carbocycles. The van der Waals surface area contributed by atoms with Crippen LogP contribution >= 0.6 is 12.4 Å². The molecule has 0 spiro atoms. The molecule has 4 rings (SSSR count). The average molecular weight is 389 g/mol. The number of nitro benzene ring substituents is 1. The zero-order chi connectivity index (χ0) is 18.6. The molecule has 0 aliphatic carbocycles. The monoisotopic (exact) mass is 388 g/mol. The summed E-state index contributed by atoms with van der Waals surface area (Å²) < 4.78 is 2.64. The number of fused-ring (bicyclic) bond motifs is 3. The fourth-order valence-electron chi connectivity index (χ4n) is 3.40. The Labute approximate surface area is 159 Å². The first-order valence-corrected chi connectivity index (χ1v) is 8.12. The van der Waals surface area contributed by atoms with Crippen molar-refractivity contribution in [2.75, 3.05) is 20.6 Å². The molecule has 0 atom stereocenters. The summed E-state index contributed by atoms with van der Waals surface area (Å²) >= 11 is 0. The van der Waals surface area contributed by atoms with E-state index in [0.717, 1.165) is 4.57 Å². The number of halogens is 1. The zero-order valence-corrected chi connectivity index (χ0v) is 15.5. The molecule has 2 aromatic carbocycles. The molecule has 2 aromatic heterocycles. The predicted molar refractivity (Wildman–Crippen MR) is 107 cm³/mol. The maximum Gasteiger partial charge on any atom is 0.336 e. The summed E-state index contributed by atoms with van der Waals surface area (Å²) in [5.41, 5.74) is -0.0135. The molecule has 0 radical (unpaired) electrons. The fraction of sp³-hybridized carbons (Fsp3) is 0.222. The predicted octanol–water partition coefficient (Wildman–Crippen LogP) is 2.10. The largest absolute Gasteiger partial charge is 0.336 e. The van der Waals surface area contributed by atoms with Crippen molar-refractivity contribution in [3.05, 3.63) is 67.4 Å². The van der Waals surface area contributed by atoms with Gasteiger partial charge in [0.2, 0.25) is 0 Å². The molecular formula is C18H17ClN4O4. The van der Waals surface area contributed by atoms with Crippen LogP contribution < -0.4 is 11.2 Å². The number of hydrogen-bond acceptors (Lipinski definition) is 5. The van der Waals surface area contributed by atoms with Gasteiger partial charge in [-0.2, -0.15) is 0 Å². The van der Waals surface area contributed by atoms with Gasteiger partial charge in [0.25, 0.3) is 11.2 Å². The van der Waals surface area contributed by atoms with Gasteiger partial charge in [-0.15, -0.1) is 12.4 Å². The minimum atomic E-state index is -0.518. The van der Waals surface area contributed by atoms with Gasteiger partial charge in [-0.1, -0.05) is 18.2 Å². The molecule has 0 amide bonds. The van der Waals surface area contributed by atoms with Gasteiger partial charge in [0.05, 0.1) is 21.3 Å². The molecule has 8 nitrogen and oxygen atoms in total. The Morgan fingerprint density at radius 1 is 1.07 bits per heavy atom. The third kappa shape index (κ3) is 2.73. The Kier molecular flexibility index (Phi) is 4.63. The van der Waals surface area contributed by atoms with Crippen LogP contribution in [0.3, 0.4) is 0 Å². The van der Waals surface area contributed by atoms with Crippen molar-refractivity contribution >= 4 is 45.3 Å². The van der Waals surface area contributed by atoms with Gasteiger partial charge in [-0.05, 0) is 20.2 Å². The second-order valence-corrected chi connectivity index (χ2v) is 6.54. The van der Waals surface area contributed by atoms with E-state index in [1.54, 1.807) is 24.3 Å². The molecule has 9 heteroatoms. The van der Waals surface area contributed by atoms with Gasteiger partial charge in [0, 0.05) is 36.0 Å². The lowest BCUT2D eigenvalue weighted by atomic mass is 10.1. The lowest BCUT2D eigenvalue weighted by molar-refractivity contribution is -0.384. The van der Waals surface area contributed by atoms with E-state index in [-0.39, 0.29) is 30.0 Å². The van der Waals surface area contributed by atoms with Gasteiger partial charge in [0.1, 0.15) is 0 Å². The van der Waals surface area contributed by atoms with Crippen LogP contribution in [0.15, 0.2) is 46.0 Å². The van der Waals surface area contributed by atoms with Crippen molar-refractivity contribution in [2.45, 2.75) is 6.54 Å². The van der Waals surface area contributed by atoms with Gasteiger partial charge in [-0.3, -0.25) is 23.9 Å². The number of hydrogen-bond donors (Lipinski definition) is 0. The summed E-state index contributed by atoms with van der Waals surface area (Å²) in [6.07, 6.45) is 0. The molecule has 27 heavy (non-hydrogen) atoms. The van der Waals surface area contributed by atoms with E-state index in [2.05, 4.69) is 0 Å². The molecule has 0 aliphatic rings. The number of aromatic nitrogens is 2. The lowest BCUT2D eigenvalue weighted by Crippen LogP contribution is -2.39. The van der Waals surface area contributed by atoms with Crippen molar-refractivity contribution in [3.8, 4) is 0 Å². The average Bonchev–Trinajstić information content (AvgIpc) is 2.94. The number of non-ortho nitro benzene ring substituents is 1. The highest BCUT2D eigenvalue weighted by atomic mass is 35.5. The first-order chi connectivity index (χ1) is 12.4. The summed E-state index contributed by atoms with van der Waals surface area (Å²) in [5, 5.41) is 12.8. The van der Waals surface area contributed by atoms with Gasteiger partial charge >= 0.3 is 5.69 Å². The molecule has 4 aromatic rings. The second-order valence-electron chi connectivity index (χ2n) is 6.54. The number of nitro groups is 1. The summed E-state index contributed by atoms with van der Waals surface area (Å²) in [4.78, 5) is 38.7. The van der Waals surface area contributed by atoms with Gasteiger partial charge in [-0.25, -0.2) is 4.79 Å². The smallest absolute Gasteiger partial charge is 0.308 e. The molecule has 0 fully saturated rings. The topological polar surface area (TPSA) is 89.9 Å². The third-order valence-electron chi connectivity index (χ3n) is 4.63. The molecule has 0 unspecified atom stereocenters. The Bertz CT molecular complexity index is 1290. The summed E-state index contributed by atoms with van der Waals surface area (Å²) in [6.45, 7) is 0.713. The van der Waals surface area contributed by atoms with Crippen molar-refractivity contribution in [1.29, 1.82) is 0 Å². The maximum absolute atomic E-state index is 13.0. The standard InChI is InChI=1S/C18H16N4O4.ClH/c1-19(2)7-8-20-17(23)14-10-11(22(25)26)9-13-12-5-3-4-6-15(12)21(16(13)14)18(20)24;/h3-6,9-10H,7-8H2,1-2H3;1H. The number of benzene rings is 2. The van der Waals surface area contributed by atoms with Crippen molar-refractivity contribution in [1.82, 2.24) is 13.9 Å². The lowest BCUT2D eigenvalue weighted by Gasteiger charge is -2.12. The molecule has 0 N–H and O–H groups in total. The first kappa shape index (κ1) is 18.8. The van der Waals surface area contributed by atoms with E-state index in [0.29, 0.717) is 28.4 Å². The fourth-order valence-corrected chi connectivity index (χ4v) is 3.40. The Balaban J connectivity index is 0.00000210. The van der Waals surface area contributed by atoms with Crippen molar-refractivity contribution in [3.63, 3.8) is 0 Å². The highest BCUT2D eigenvalue weighted by Crippen LogP contribution is 2.32. The van der Waals surface area contributed by atoms with Crippen LogP contribution in [-0.2, 0) is 6.54 Å². The third-order valence-corrected chi connectivity index (χ3v) is 4.63. The van der Waals surface area contributed by atoms with E-state index < -0.39 is 16.2 Å². The van der Waals surface area contributed by atoms with Crippen molar-refractivity contribution in [2.24, 2.45) is 0 Å². The highest BCUT2D eigenvalue weighted by molar-refractivity contribution is 6.14. The van der Waals surface area contributed by atoms with Crippen LogP contribution in [0.5, 0.6) is 0 Å². The Morgan fingerprint density at radius 3 is 2.41 bits per heavy atom. The van der Waals surface area contributed by atoms with Gasteiger partial charge in [0.15, 0.2) is 0 Å². The minimum Gasteiger partial charge on any atom is -0.308 e. The second kappa shape index (κ2) is 6.64. The number of rotatable bonds is 4. The van der Waals surface area contributed by atoms with Crippen LogP contribution in [-0.4, -0.2) is 39.4 Å². The molecular weight excluding hydrogens is 372 g/mol. The summed E-state index contributed by atoms with van der Waals surface area (Å²) in [7, 11) is 3.70. The Morgan fingerprint density at radius 2 is 1.74 bits per heavy atom. The number of nitrogens with zero attached hydrogens (tertiary/aromatic N) is 4. The summed E-state index contributed by atoms with van der Waals surface area (Å²) in [6, 6.07) is 9.87. The van der Waals surface area contributed by atoms with Crippen molar-refractivity contribution < 1.29 is 4.92 Å². The van der Waals surface area contributed by atoms with Crippen LogP contribution in [0, 0.1) is 10.1 Å². The van der Waals surface area contributed by atoms with E-state index in [1.165, 1.54) is 16.5 Å². The molecule has 2 heterocycles. The van der Waals surface area contributed by atoms with E-state index >= 15 is 0 Å². The normalized spacial score (nSPS) is 11.5. The SMILES string of the molecule is CN(C)CCn1c(=O)c2cc([N+](=O)[O-])cc3c4ccccc4n(c1=O)c23.Cl. The van der Waals surface area contributed by atoms with Crippen LogP contribution in [0.4, 0.5) is 5.69 Å². The van der Waals surface area contributed by atoms with Gasteiger partial charge < -0.3 is 4.90 Å². The van der Waals surface area contributed by atoms with Crippen LogP contribution in [0.25, 0.3) is 27.2 Å². The molecule has 0 bridgehead atoms. The van der Waals surface area contributed by atoms with Crippen LogP contribution in [0.1, 0.15) is 0 Å². The highest BCUT2D eigenvalue weighted by Gasteiger charge is 2.22. The Hall–Kier alpha value is -2.97. The summed E-state index contributed by atoms with van der Waals surface area (Å²) in [5.74, 6) is 0. The zero-order valence-electron chi connectivity index (χ0n) is 14.7. The van der Waals surface area contributed by atoms with E-state index in [4.69, 9.17) is 0 Å². The number of likely N-dealkylation sites (N-methyl/N-ethyl adjacent to an activating group) is 1.